The molecule has 0 radical (unpaired) electrons. The van der Waals surface area contributed by atoms with Crippen molar-refractivity contribution in [2.24, 2.45) is 0 Å². The lowest BCUT2D eigenvalue weighted by atomic mass is 9.95. The van der Waals surface area contributed by atoms with Crippen molar-refractivity contribution in [1.82, 2.24) is 9.80 Å². The smallest absolute Gasteiger partial charge is 0.295 e. The number of likely N-dealkylation sites (N-methyl/N-ethyl adjacent to an activating group) is 1. The highest BCUT2D eigenvalue weighted by Crippen LogP contribution is 2.39. The number of aliphatic hydroxyl groups is 1. The van der Waals surface area contributed by atoms with Crippen molar-refractivity contribution >= 4 is 17.4 Å². The Balaban J connectivity index is 2.03. The molecule has 0 aliphatic carbocycles. The van der Waals surface area contributed by atoms with Crippen LogP contribution < -0.4 is 9.47 Å². The van der Waals surface area contributed by atoms with Crippen LogP contribution in [0.2, 0.25) is 0 Å². The predicted octanol–water partition coefficient (Wildman–Crippen LogP) is 3.86. The Hall–Kier alpha value is -3.32. The van der Waals surface area contributed by atoms with Crippen molar-refractivity contribution in [2.75, 3.05) is 40.4 Å². The lowest BCUT2D eigenvalue weighted by Crippen LogP contribution is -2.35. The third kappa shape index (κ3) is 5.54. The number of benzene rings is 2. The molecule has 0 spiro atoms. The van der Waals surface area contributed by atoms with Crippen molar-refractivity contribution in [3.05, 3.63) is 65.2 Å². The number of rotatable bonds is 10. The number of amides is 1. The van der Waals surface area contributed by atoms with E-state index in [0.717, 1.165) is 12.0 Å². The van der Waals surface area contributed by atoms with Gasteiger partial charge < -0.3 is 24.4 Å². The van der Waals surface area contributed by atoms with Crippen LogP contribution in [0.4, 0.5) is 0 Å². The monoisotopic (exact) mass is 452 g/mol. The van der Waals surface area contributed by atoms with Crippen LogP contribution in [-0.4, -0.2) is 67.0 Å². The van der Waals surface area contributed by atoms with Gasteiger partial charge in [0.1, 0.15) is 17.3 Å². The molecule has 176 valence electrons. The van der Waals surface area contributed by atoms with Crippen molar-refractivity contribution in [1.29, 1.82) is 0 Å². The average molecular weight is 453 g/mol. The molecule has 0 unspecified atom stereocenters. The fourth-order valence-corrected chi connectivity index (χ4v) is 3.76. The van der Waals surface area contributed by atoms with E-state index in [-0.39, 0.29) is 11.3 Å². The molecule has 0 aromatic heterocycles. The fraction of sp³-hybridized carbons (Fsp3) is 0.385. The van der Waals surface area contributed by atoms with Crippen LogP contribution in [0.5, 0.6) is 11.5 Å². The number of hydrogen-bond acceptors (Lipinski definition) is 6. The Bertz CT molecular complexity index is 996. The minimum atomic E-state index is -0.684. The van der Waals surface area contributed by atoms with E-state index < -0.39 is 17.7 Å². The maximum absolute atomic E-state index is 13.1. The number of carbonyl (C=O) groups excluding carboxylic acids is 2. The Morgan fingerprint density at radius 1 is 0.970 bits per heavy atom. The second-order valence-corrected chi connectivity index (χ2v) is 8.17. The van der Waals surface area contributed by atoms with E-state index in [4.69, 9.17) is 9.47 Å². The first-order valence-corrected chi connectivity index (χ1v) is 11.3. The van der Waals surface area contributed by atoms with Gasteiger partial charge in [-0.2, -0.15) is 0 Å². The standard InChI is InChI=1S/C26H32N2O5/c1-5-17-33-21-13-9-19(10-14-21)24(29)22-23(18-7-11-20(12-8-18)32-6-2)28(16-15-27(3)4)26(31)25(22)30/h7-14,23,29H,5-6,15-17H2,1-4H3/b24-22+/t23-/m0/s1. The first kappa shape index (κ1) is 24.3. The molecule has 7 nitrogen and oxygen atoms in total. The quantitative estimate of drug-likeness (QED) is 0.335. The van der Waals surface area contributed by atoms with Crippen molar-refractivity contribution < 1.29 is 24.2 Å². The van der Waals surface area contributed by atoms with Crippen LogP contribution >= 0.6 is 0 Å². The summed E-state index contributed by atoms with van der Waals surface area (Å²) in [6, 6.07) is 13.5. The number of aliphatic hydroxyl groups excluding tert-OH is 1. The van der Waals surface area contributed by atoms with Gasteiger partial charge in [-0.15, -0.1) is 0 Å². The molecule has 0 bridgehead atoms. The SMILES string of the molecule is CCCOc1ccc(/C(O)=C2\C(=O)C(=O)N(CCN(C)C)[C@H]2c2ccc(OCC)cc2)cc1. The van der Waals surface area contributed by atoms with E-state index in [2.05, 4.69) is 0 Å². The maximum atomic E-state index is 13.1. The highest BCUT2D eigenvalue weighted by molar-refractivity contribution is 6.46. The molecule has 7 heteroatoms. The second kappa shape index (κ2) is 11.0. The zero-order valence-corrected chi connectivity index (χ0v) is 19.7. The molecule has 1 N–H and O–H groups in total. The number of likely N-dealkylation sites (tertiary alicyclic amines) is 1. The van der Waals surface area contributed by atoms with Crippen LogP contribution in [0.15, 0.2) is 54.1 Å². The summed E-state index contributed by atoms with van der Waals surface area (Å²) in [5.74, 6) is -0.102. The Morgan fingerprint density at radius 2 is 1.58 bits per heavy atom. The third-order valence-electron chi connectivity index (χ3n) is 5.44. The topological polar surface area (TPSA) is 79.3 Å². The van der Waals surface area contributed by atoms with Crippen LogP contribution in [0.25, 0.3) is 5.76 Å². The zero-order valence-electron chi connectivity index (χ0n) is 19.7. The molecule has 3 rings (SSSR count). The van der Waals surface area contributed by atoms with Gasteiger partial charge in [0.15, 0.2) is 0 Å². The average Bonchev–Trinajstić information content (AvgIpc) is 3.06. The molecule has 1 saturated heterocycles. The van der Waals surface area contributed by atoms with Gasteiger partial charge in [0.2, 0.25) is 0 Å². The summed E-state index contributed by atoms with van der Waals surface area (Å²) < 4.78 is 11.1. The van der Waals surface area contributed by atoms with E-state index in [0.29, 0.717) is 43.4 Å². The normalized spacial score (nSPS) is 17.6. The number of Topliss-reactive ketones (excluding diaryl/α,β-unsaturated/α-hetero) is 1. The van der Waals surface area contributed by atoms with Gasteiger partial charge in [0.05, 0.1) is 24.8 Å². The molecule has 1 aliphatic heterocycles. The van der Waals surface area contributed by atoms with Gasteiger partial charge in [-0.3, -0.25) is 9.59 Å². The van der Waals surface area contributed by atoms with Gasteiger partial charge in [-0.05, 0) is 69.4 Å². The van der Waals surface area contributed by atoms with Gasteiger partial charge in [-0.1, -0.05) is 19.1 Å². The molecule has 2 aromatic rings. The van der Waals surface area contributed by atoms with E-state index in [9.17, 15) is 14.7 Å². The van der Waals surface area contributed by atoms with Gasteiger partial charge in [0, 0.05) is 18.7 Å². The molecule has 0 saturated carbocycles. The summed E-state index contributed by atoms with van der Waals surface area (Å²) in [7, 11) is 3.81. The van der Waals surface area contributed by atoms with Crippen molar-refractivity contribution in [2.45, 2.75) is 26.3 Å². The largest absolute Gasteiger partial charge is 0.507 e. The summed E-state index contributed by atoms with van der Waals surface area (Å²) >= 11 is 0. The predicted molar refractivity (Wildman–Crippen MR) is 127 cm³/mol. The first-order chi connectivity index (χ1) is 15.9. The molecule has 1 fully saturated rings. The summed E-state index contributed by atoms with van der Waals surface area (Å²) in [5, 5.41) is 11.1. The minimum Gasteiger partial charge on any atom is -0.507 e. The van der Waals surface area contributed by atoms with E-state index >= 15 is 0 Å². The van der Waals surface area contributed by atoms with Crippen molar-refractivity contribution in [3.8, 4) is 11.5 Å². The Labute approximate surface area is 195 Å². The van der Waals surface area contributed by atoms with E-state index in [1.807, 2.05) is 57.1 Å². The maximum Gasteiger partial charge on any atom is 0.295 e. The molecule has 1 amide bonds. The number of ketones is 1. The lowest BCUT2D eigenvalue weighted by molar-refractivity contribution is -0.140. The van der Waals surface area contributed by atoms with Gasteiger partial charge >= 0.3 is 0 Å². The summed E-state index contributed by atoms with van der Waals surface area (Å²) in [6.07, 6.45) is 0.889. The molecular weight excluding hydrogens is 420 g/mol. The number of nitrogens with zero attached hydrogens (tertiary/aromatic N) is 2. The summed E-state index contributed by atoms with van der Waals surface area (Å²) in [4.78, 5) is 29.5. The third-order valence-corrected chi connectivity index (χ3v) is 5.44. The van der Waals surface area contributed by atoms with Gasteiger partial charge in [0.25, 0.3) is 11.7 Å². The van der Waals surface area contributed by atoms with Crippen LogP contribution in [-0.2, 0) is 9.59 Å². The van der Waals surface area contributed by atoms with E-state index in [1.165, 1.54) is 4.90 Å². The molecule has 33 heavy (non-hydrogen) atoms. The lowest BCUT2D eigenvalue weighted by Gasteiger charge is -2.26. The number of ether oxygens (including phenoxy) is 2. The van der Waals surface area contributed by atoms with Crippen LogP contribution in [0.1, 0.15) is 37.4 Å². The molecule has 1 atom stereocenters. The molecule has 2 aromatic carbocycles. The Kier molecular flexibility index (Phi) is 8.11. The molecular formula is C26H32N2O5. The number of hydrogen-bond donors (Lipinski definition) is 1. The highest BCUT2D eigenvalue weighted by atomic mass is 16.5. The second-order valence-electron chi connectivity index (χ2n) is 8.17. The number of carbonyl (C=O) groups is 2. The van der Waals surface area contributed by atoms with Crippen molar-refractivity contribution in [3.63, 3.8) is 0 Å². The zero-order chi connectivity index (χ0) is 24.0. The first-order valence-electron chi connectivity index (χ1n) is 11.3. The van der Waals surface area contributed by atoms with Crippen LogP contribution in [0.3, 0.4) is 0 Å². The van der Waals surface area contributed by atoms with E-state index in [1.54, 1.807) is 24.3 Å². The summed E-state index contributed by atoms with van der Waals surface area (Å²) in [6.45, 7) is 6.01. The minimum absolute atomic E-state index is 0.0881. The van der Waals surface area contributed by atoms with Gasteiger partial charge in [-0.25, -0.2) is 0 Å². The Morgan fingerprint density at radius 3 is 2.15 bits per heavy atom. The molecule has 1 heterocycles. The fourth-order valence-electron chi connectivity index (χ4n) is 3.76. The van der Waals surface area contributed by atoms with Crippen LogP contribution in [0, 0.1) is 0 Å². The highest BCUT2D eigenvalue weighted by Gasteiger charge is 2.45. The summed E-state index contributed by atoms with van der Waals surface area (Å²) in [5.41, 5.74) is 1.28. The molecule has 1 aliphatic rings.